The van der Waals surface area contributed by atoms with Crippen molar-refractivity contribution in [2.24, 2.45) is 0 Å². The molecule has 0 bridgehead atoms. The number of carbonyl (C=O) groups excluding carboxylic acids is 1. The maximum absolute atomic E-state index is 13.6. The van der Waals surface area contributed by atoms with Crippen LogP contribution in [0, 0.1) is 5.82 Å². The minimum Gasteiger partial charge on any atom is -0.508 e. The van der Waals surface area contributed by atoms with Gasteiger partial charge >= 0.3 is 0 Å². The monoisotopic (exact) mass is 382 g/mol. The van der Waals surface area contributed by atoms with Gasteiger partial charge in [-0.2, -0.15) is 0 Å². The molecule has 1 atom stereocenters. The van der Waals surface area contributed by atoms with E-state index in [0.717, 1.165) is 63.8 Å². The summed E-state index contributed by atoms with van der Waals surface area (Å²) in [6, 6.07) is 13.4. The van der Waals surface area contributed by atoms with Crippen LogP contribution in [0.4, 0.5) is 4.39 Å². The maximum Gasteiger partial charge on any atom is 0.253 e. The molecule has 0 saturated carbocycles. The molecule has 2 fully saturated rings. The Hall–Kier alpha value is -2.40. The third kappa shape index (κ3) is 3.90. The Morgan fingerprint density at radius 2 is 1.75 bits per heavy atom. The van der Waals surface area contributed by atoms with Gasteiger partial charge in [0.2, 0.25) is 0 Å². The van der Waals surface area contributed by atoms with Gasteiger partial charge in [-0.1, -0.05) is 12.1 Å². The second-order valence-corrected chi connectivity index (χ2v) is 8.07. The van der Waals surface area contributed by atoms with Crippen molar-refractivity contribution in [2.45, 2.75) is 44.2 Å². The highest BCUT2D eigenvalue weighted by atomic mass is 19.1. The number of phenols is 1. The smallest absolute Gasteiger partial charge is 0.253 e. The molecule has 0 radical (unpaired) electrons. The van der Waals surface area contributed by atoms with Gasteiger partial charge in [0.05, 0.1) is 0 Å². The lowest BCUT2D eigenvalue weighted by Gasteiger charge is -2.38. The molecule has 1 spiro atoms. The van der Waals surface area contributed by atoms with Crippen molar-refractivity contribution in [1.82, 2.24) is 9.80 Å². The van der Waals surface area contributed by atoms with Crippen molar-refractivity contribution in [3.8, 4) is 5.75 Å². The average Bonchev–Trinajstić information content (AvgIpc) is 2.93. The third-order valence-corrected chi connectivity index (χ3v) is 6.32. The molecule has 28 heavy (non-hydrogen) atoms. The van der Waals surface area contributed by atoms with E-state index < -0.39 is 0 Å². The lowest BCUT2D eigenvalue weighted by molar-refractivity contribution is 0.0738. The molecule has 5 heteroatoms. The maximum atomic E-state index is 13.6. The van der Waals surface area contributed by atoms with Crippen molar-refractivity contribution >= 4 is 5.91 Å². The van der Waals surface area contributed by atoms with E-state index in [1.807, 2.05) is 11.0 Å². The second-order valence-electron chi connectivity index (χ2n) is 8.07. The lowest BCUT2D eigenvalue weighted by Crippen LogP contribution is -2.44. The second kappa shape index (κ2) is 7.92. The molecular formula is C23H27FN2O2. The minimum atomic E-state index is -0.183. The number of amides is 1. The third-order valence-electron chi connectivity index (χ3n) is 6.32. The van der Waals surface area contributed by atoms with Crippen LogP contribution in [0.15, 0.2) is 48.5 Å². The van der Waals surface area contributed by atoms with Crippen molar-refractivity contribution in [2.75, 3.05) is 19.6 Å². The van der Waals surface area contributed by atoms with Crippen molar-refractivity contribution in [3.63, 3.8) is 0 Å². The number of rotatable bonds is 3. The van der Waals surface area contributed by atoms with E-state index in [0.29, 0.717) is 5.56 Å². The van der Waals surface area contributed by atoms with Gasteiger partial charge < -0.3 is 10.0 Å². The SMILES string of the molecule is O=C(c1ccc(O)cc1)N1CCC[C@]2(CCCN2Cc2cccc(F)c2)CC1. The van der Waals surface area contributed by atoms with Gasteiger partial charge in [0.15, 0.2) is 0 Å². The number of phenolic OH excluding ortho intramolecular Hbond substituents is 1. The Balaban J connectivity index is 1.46. The highest BCUT2D eigenvalue weighted by Gasteiger charge is 2.42. The number of nitrogens with zero attached hydrogens (tertiary/aromatic N) is 2. The van der Waals surface area contributed by atoms with Crippen LogP contribution < -0.4 is 0 Å². The summed E-state index contributed by atoms with van der Waals surface area (Å²) in [5, 5.41) is 9.45. The van der Waals surface area contributed by atoms with Gasteiger partial charge in [0, 0.05) is 30.7 Å². The summed E-state index contributed by atoms with van der Waals surface area (Å²) in [6.07, 6.45) is 5.29. The van der Waals surface area contributed by atoms with Gasteiger partial charge in [0.25, 0.3) is 5.91 Å². The summed E-state index contributed by atoms with van der Waals surface area (Å²) in [6.45, 7) is 3.29. The molecular weight excluding hydrogens is 355 g/mol. The molecule has 0 unspecified atom stereocenters. The first kappa shape index (κ1) is 18.9. The van der Waals surface area contributed by atoms with Gasteiger partial charge in [-0.3, -0.25) is 9.69 Å². The Kier molecular flexibility index (Phi) is 5.36. The molecule has 1 N–H and O–H groups in total. The van der Waals surface area contributed by atoms with Crippen LogP contribution in [0.3, 0.4) is 0 Å². The number of hydrogen-bond donors (Lipinski definition) is 1. The largest absolute Gasteiger partial charge is 0.508 e. The zero-order valence-electron chi connectivity index (χ0n) is 16.1. The molecule has 2 aromatic carbocycles. The van der Waals surface area contributed by atoms with E-state index in [-0.39, 0.29) is 23.0 Å². The molecule has 1 amide bonds. The van der Waals surface area contributed by atoms with Gasteiger partial charge in [-0.05, 0) is 80.6 Å². The number of benzene rings is 2. The first-order chi connectivity index (χ1) is 13.6. The Morgan fingerprint density at radius 3 is 2.50 bits per heavy atom. The van der Waals surface area contributed by atoms with Crippen molar-refractivity contribution < 1.29 is 14.3 Å². The van der Waals surface area contributed by atoms with E-state index in [1.165, 1.54) is 6.07 Å². The molecule has 0 aliphatic carbocycles. The number of aromatic hydroxyl groups is 1. The predicted octanol–water partition coefficient (Wildman–Crippen LogP) is 4.19. The number of likely N-dealkylation sites (tertiary alicyclic amines) is 2. The summed E-state index contributed by atoms with van der Waals surface area (Å²) < 4.78 is 13.6. The summed E-state index contributed by atoms with van der Waals surface area (Å²) in [7, 11) is 0. The zero-order chi connectivity index (χ0) is 19.6. The van der Waals surface area contributed by atoms with Crippen LogP contribution in [-0.2, 0) is 6.54 Å². The first-order valence-electron chi connectivity index (χ1n) is 10.1. The summed E-state index contributed by atoms with van der Waals surface area (Å²) in [4.78, 5) is 17.3. The van der Waals surface area contributed by atoms with Crippen LogP contribution in [0.1, 0.15) is 48.0 Å². The highest BCUT2D eigenvalue weighted by Crippen LogP contribution is 2.39. The van der Waals surface area contributed by atoms with Gasteiger partial charge in [-0.15, -0.1) is 0 Å². The molecule has 2 aromatic rings. The Labute approximate surface area is 165 Å². The number of hydrogen-bond acceptors (Lipinski definition) is 3. The number of carbonyl (C=O) groups is 1. The summed E-state index contributed by atoms with van der Waals surface area (Å²) in [5.74, 6) is 0.0225. The molecule has 2 aliphatic heterocycles. The van der Waals surface area contributed by atoms with Crippen molar-refractivity contribution in [1.29, 1.82) is 0 Å². The molecule has 148 valence electrons. The molecule has 2 saturated heterocycles. The van der Waals surface area contributed by atoms with E-state index in [4.69, 9.17) is 0 Å². The van der Waals surface area contributed by atoms with E-state index in [9.17, 15) is 14.3 Å². The normalized spacial score (nSPS) is 23.1. The van der Waals surface area contributed by atoms with Crippen molar-refractivity contribution in [3.05, 3.63) is 65.5 Å². The molecule has 0 aromatic heterocycles. The Bertz CT molecular complexity index is 839. The molecule has 4 nitrogen and oxygen atoms in total. The van der Waals surface area contributed by atoms with Crippen LogP contribution in [0.5, 0.6) is 5.75 Å². The Morgan fingerprint density at radius 1 is 1.00 bits per heavy atom. The van der Waals surface area contributed by atoms with E-state index >= 15 is 0 Å². The fourth-order valence-electron chi connectivity index (χ4n) is 4.83. The van der Waals surface area contributed by atoms with Gasteiger partial charge in [-0.25, -0.2) is 4.39 Å². The standard InChI is InChI=1S/C23H27FN2O2/c24-20-5-1-4-18(16-20)17-26-14-3-11-23(26)10-2-13-25(15-12-23)22(28)19-6-8-21(27)9-7-19/h1,4-9,16,27H,2-3,10-15,17H2/t23-/m0/s1. The minimum absolute atomic E-state index is 0.0340. The first-order valence-corrected chi connectivity index (χ1v) is 10.1. The van der Waals surface area contributed by atoms with E-state index in [2.05, 4.69) is 4.90 Å². The topological polar surface area (TPSA) is 43.8 Å². The van der Waals surface area contributed by atoms with Crippen LogP contribution >= 0.6 is 0 Å². The summed E-state index contributed by atoms with van der Waals surface area (Å²) in [5.41, 5.74) is 1.75. The van der Waals surface area contributed by atoms with Crippen LogP contribution in [0.25, 0.3) is 0 Å². The van der Waals surface area contributed by atoms with Crippen LogP contribution in [0.2, 0.25) is 0 Å². The summed E-state index contributed by atoms with van der Waals surface area (Å²) >= 11 is 0. The quantitative estimate of drug-likeness (QED) is 0.866. The zero-order valence-corrected chi connectivity index (χ0v) is 16.1. The molecule has 2 heterocycles. The highest BCUT2D eigenvalue weighted by molar-refractivity contribution is 5.94. The fourth-order valence-corrected chi connectivity index (χ4v) is 4.83. The lowest BCUT2D eigenvalue weighted by atomic mass is 9.87. The average molecular weight is 382 g/mol. The molecule has 2 aliphatic rings. The predicted molar refractivity (Wildman–Crippen MR) is 107 cm³/mol. The van der Waals surface area contributed by atoms with Gasteiger partial charge in [0.1, 0.15) is 11.6 Å². The fraction of sp³-hybridized carbons (Fsp3) is 0.435. The van der Waals surface area contributed by atoms with E-state index in [1.54, 1.807) is 36.4 Å². The van der Waals surface area contributed by atoms with Crippen LogP contribution in [-0.4, -0.2) is 46.0 Å². The molecule has 4 rings (SSSR count). The number of halogens is 1.